The summed E-state index contributed by atoms with van der Waals surface area (Å²) in [6, 6.07) is 7.21. The zero-order valence-electron chi connectivity index (χ0n) is 11.1. The van der Waals surface area contributed by atoms with Gasteiger partial charge in [0.05, 0.1) is 6.61 Å². The molecule has 0 aliphatic heterocycles. The highest BCUT2D eigenvalue weighted by molar-refractivity contribution is 6.10. The van der Waals surface area contributed by atoms with E-state index >= 15 is 0 Å². The molecule has 5 heteroatoms. The van der Waals surface area contributed by atoms with Gasteiger partial charge in [-0.05, 0) is 31.9 Å². The molecule has 0 atom stereocenters. The van der Waals surface area contributed by atoms with Crippen molar-refractivity contribution in [2.45, 2.75) is 19.8 Å². The van der Waals surface area contributed by atoms with Crippen molar-refractivity contribution < 1.29 is 18.7 Å². The summed E-state index contributed by atoms with van der Waals surface area (Å²) in [5.41, 5.74) is 0.970. The summed E-state index contributed by atoms with van der Waals surface area (Å²) in [6.07, 6.45) is 1.80. The van der Waals surface area contributed by atoms with Crippen LogP contribution in [0, 0.1) is 5.92 Å². The molecule has 1 aliphatic rings. The summed E-state index contributed by atoms with van der Waals surface area (Å²) in [6.45, 7) is 1.98. The first-order chi connectivity index (χ1) is 9.70. The lowest BCUT2D eigenvalue weighted by atomic mass is 10.2. The average molecular weight is 273 g/mol. The van der Waals surface area contributed by atoms with Crippen molar-refractivity contribution in [3.8, 4) is 0 Å². The Kier molecular flexibility index (Phi) is 3.18. The van der Waals surface area contributed by atoms with Gasteiger partial charge in [0.1, 0.15) is 11.3 Å². The Morgan fingerprint density at radius 1 is 1.35 bits per heavy atom. The molecule has 0 unspecified atom stereocenters. The lowest BCUT2D eigenvalue weighted by Crippen LogP contribution is -2.16. The number of furan rings is 1. The standard InChI is InChI=1S/C15H15NO4/c1-2-19-15(18)13-12(16-14(17)9-7-8-9)10-5-3-4-6-11(10)20-13/h3-6,9H,2,7-8H2,1H3,(H,16,17). The Bertz CT molecular complexity index is 670. The van der Waals surface area contributed by atoms with Crippen LogP contribution in [0.15, 0.2) is 28.7 Å². The van der Waals surface area contributed by atoms with Crippen LogP contribution in [-0.4, -0.2) is 18.5 Å². The number of hydrogen-bond donors (Lipinski definition) is 1. The molecule has 1 fully saturated rings. The van der Waals surface area contributed by atoms with Crippen LogP contribution in [0.25, 0.3) is 11.0 Å². The molecule has 1 amide bonds. The van der Waals surface area contributed by atoms with Crippen LogP contribution >= 0.6 is 0 Å². The average Bonchev–Trinajstić information content (AvgIpc) is 3.23. The maximum Gasteiger partial charge on any atom is 0.376 e. The van der Waals surface area contributed by atoms with Gasteiger partial charge in [0.15, 0.2) is 0 Å². The number of para-hydroxylation sites is 1. The number of anilines is 1. The van der Waals surface area contributed by atoms with Crippen molar-refractivity contribution >= 4 is 28.5 Å². The molecule has 1 aliphatic carbocycles. The van der Waals surface area contributed by atoms with Gasteiger partial charge in [0.25, 0.3) is 0 Å². The van der Waals surface area contributed by atoms with E-state index in [4.69, 9.17) is 9.15 Å². The lowest BCUT2D eigenvalue weighted by Gasteiger charge is -2.04. The monoisotopic (exact) mass is 273 g/mol. The smallest absolute Gasteiger partial charge is 0.376 e. The fourth-order valence-corrected chi connectivity index (χ4v) is 2.08. The summed E-state index contributed by atoms with van der Waals surface area (Å²) < 4.78 is 10.5. The third-order valence-corrected chi connectivity index (χ3v) is 3.25. The molecule has 0 bridgehead atoms. The van der Waals surface area contributed by atoms with Crippen LogP contribution in [0.3, 0.4) is 0 Å². The zero-order chi connectivity index (χ0) is 14.1. The van der Waals surface area contributed by atoms with E-state index in [1.54, 1.807) is 13.0 Å². The van der Waals surface area contributed by atoms with Crippen molar-refractivity contribution in [1.82, 2.24) is 0 Å². The van der Waals surface area contributed by atoms with E-state index in [1.165, 1.54) is 0 Å². The van der Waals surface area contributed by atoms with Crippen molar-refractivity contribution in [3.63, 3.8) is 0 Å². The van der Waals surface area contributed by atoms with E-state index in [1.807, 2.05) is 18.2 Å². The number of hydrogen-bond acceptors (Lipinski definition) is 4. The fourth-order valence-electron chi connectivity index (χ4n) is 2.08. The molecular weight excluding hydrogens is 258 g/mol. The summed E-state index contributed by atoms with van der Waals surface area (Å²) >= 11 is 0. The van der Waals surface area contributed by atoms with Crippen molar-refractivity contribution in [1.29, 1.82) is 0 Å². The Morgan fingerprint density at radius 3 is 2.80 bits per heavy atom. The molecular formula is C15H15NO4. The molecule has 1 aromatic carbocycles. The lowest BCUT2D eigenvalue weighted by molar-refractivity contribution is -0.117. The highest BCUT2D eigenvalue weighted by atomic mass is 16.5. The first-order valence-electron chi connectivity index (χ1n) is 6.70. The minimum Gasteiger partial charge on any atom is -0.460 e. The highest BCUT2D eigenvalue weighted by Gasteiger charge is 2.32. The van der Waals surface area contributed by atoms with E-state index in [-0.39, 0.29) is 24.2 Å². The zero-order valence-corrected chi connectivity index (χ0v) is 11.1. The van der Waals surface area contributed by atoms with E-state index in [0.29, 0.717) is 16.7 Å². The van der Waals surface area contributed by atoms with Gasteiger partial charge in [-0.3, -0.25) is 4.79 Å². The van der Waals surface area contributed by atoms with Crippen molar-refractivity contribution in [2.24, 2.45) is 5.92 Å². The first kappa shape index (κ1) is 12.7. The van der Waals surface area contributed by atoms with Crippen LogP contribution < -0.4 is 5.32 Å². The van der Waals surface area contributed by atoms with Gasteiger partial charge in [-0.25, -0.2) is 4.79 Å². The molecule has 1 saturated carbocycles. The van der Waals surface area contributed by atoms with E-state index in [9.17, 15) is 9.59 Å². The number of rotatable bonds is 4. The maximum atomic E-state index is 11.9. The molecule has 5 nitrogen and oxygen atoms in total. The highest BCUT2D eigenvalue weighted by Crippen LogP contribution is 2.35. The molecule has 1 aromatic heterocycles. The quantitative estimate of drug-likeness (QED) is 0.869. The predicted octanol–water partition coefficient (Wildman–Crippen LogP) is 2.96. The molecule has 0 radical (unpaired) electrons. The Balaban J connectivity index is 2.02. The molecule has 3 rings (SSSR count). The number of fused-ring (bicyclic) bond motifs is 1. The van der Waals surface area contributed by atoms with Crippen LogP contribution in [0.1, 0.15) is 30.3 Å². The molecule has 104 valence electrons. The fraction of sp³-hybridized carbons (Fsp3) is 0.333. The summed E-state index contributed by atoms with van der Waals surface area (Å²) in [5.74, 6) is -0.516. The molecule has 1 N–H and O–H groups in total. The van der Waals surface area contributed by atoms with Gasteiger partial charge < -0.3 is 14.5 Å². The molecule has 2 aromatic rings. The van der Waals surface area contributed by atoms with E-state index in [0.717, 1.165) is 12.8 Å². The van der Waals surface area contributed by atoms with E-state index in [2.05, 4.69) is 5.32 Å². The largest absolute Gasteiger partial charge is 0.460 e. The number of carbonyl (C=O) groups excluding carboxylic acids is 2. The van der Waals surface area contributed by atoms with Crippen LogP contribution in [-0.2, 0) is 9.53 Å². The van der Waals surface area contributed by atoms with Crippen LogP contribution in [0.5, 0.6) is 0 Å². The Labute approximate surface area is 115 Å². The minimum atomic E-state index is -0.560. The molecule has 0 spiro atoms. The van der Waals surface area contributed by atoms with Gasteiger partial charge in [0.2, 0.25) is 11.7 Å². The second-order valence-corrected chi connectivity index (χ2v) is 4.79. The number of nitrogens with one attached hydrogen (secondary N) is 1. The van der Waals surface area contributed by atoms with Gasteiger partial charge >= 0.3 is 5.97 Å². The van der Waals surface area contributed by atoms with Gasteiger partial charge in [-0.15, -0.1) is 0 Å². The normalized spacial score (nSPS) is 14.2. The number of esters is 1. The van der Waals surface area contributed by atoms with Crippen molar-refractivity contribution in [2.75, 3.05) is 11.9 Å². The van der Waals surface area contributed by atoms with Crippen LogP contribution in [0.4, 0.5) is 5.69 Å². The summed E-state index contributed by atoms with van der Waals surface area (Å²) in [5, 5.41) is 3.51. The Hall–Kier alpha value is -2.30. The second kappa shape index (κ2) is 5.00. The topological polar surface area (TPSA) is 68.5 Å². The Morgan fingerprint density at radius 2 is 2.10 bits per heavy atom. The third-order valence-electron chi connectivity index (χ3n) is 3.25. The third kappa shape index (κ3) is 2.27. The number of ether oxygens (including phenoxy) is 1. The van der Waals surface area contributed by atoms with Crippen LogP contribution in [0.2, 0.25) is 0 Å². The number of carbonyl (C=O) groups is 2. The number of amides is 1. The van der Waals surface area contributed by atoms with Crippen molar-refractivity contribution in [3.05, 3.63) is 30.0 Å². The molecule has 0 saturated heterocycles. The van der Waals surface area contributed by atoms with Gasteiger partial charge in [-0.1, -0.05) is 12.1 Å². The second-order valence-electron chi connectivity index (χ2n) is 4.79. The molecule has 20 heavy (non-hydrogen) atoms. The summed E-state index contributed by atoms with van der Waals surface area (Å²) in [4.78, 5) is 23.9. The van der Waals surface area contributed by atoms with E-state index < -0.39 is 5.97 Å². The first-order valence-corrected chi connectivity index (χ1v) is 6.70. The van der Waals surface area contributed by atoms with Gasteiger partial charge in [0, 0.05) is 11.3 Å². The SMILES string of the molecule is CCOC(=O)c1oc2ccccc2c1NC(=O)C1CC1. The minimum absolute atomic E-state index is 0.0544. The summed E-state index contributed by atoms with van der Waals surface area (Å²) in [7, 11) is 0. The maximum absolute atomic E-state index is 11.9. The van der Waals surface area contributed by atoms with Gasteiger partial charge in [-0.2, -0.15) is 0 Å². The number of benzene rings is 1. The molecule has 1 heterocycles. The predicted molar refractivity (Wildman–Crippen MR) is 73.5 cm³/mol.